The molecule has 1 aliphatic carbocycles. The van der Waals surface area contributed by atoms with Crippen molar-refractivity contribution in [2.75, 3.05) is 25.6 Å². The van der Waals surface area contributed by atoms with Crippen molar-refractivity contribution in [1.29, 1.82) is 0 Å². The summed E-state index contributed by atoms with van der Waals surface area (Å²) in [6, 6.07) is 3.47. The number of rotatable bonds is 9. The molecule has 1 aromatic heterocycles. The van der Waals surface area contributed by atoms with Gasteiger partial charge in [0.25, 0.3) is 11.6 Å². The van der Waals surface area contributed by atoms with Crippen molar-refractivity contribution in [3.05, 3.63) is 50.4 Å². The van der Waals surface area contributed by atoms with Gasteiger partial charge in [-0.15, -0.1) is 11.3 Å². The van der Waals surface area contributed by atoms with Crippen LogP contribution < -0.4 is 10.1 Å². The fraction of sp³-hybridized carbons (Fsp3) is 0.350. The molecule has 1 aromatic carbocycles. The van der Waals surface area contributed by atoms with Crippen molar-refractivity contribution < 1.29 is 33.5 Å². The van der Waals surface area contributed by atoms with E-state index in [1.54, 1.807) is 6.92 Å². The van der Waals surface area contributed by atoms with Gasteiger partial charge in [-0.2, -0.15) is 0 Å². The first-order valence-corrected chi connectivity index (χ1v) is 10.3. The number of thiophene rings is 1. The minimum atomic E-state index is -0.953. The van der Waals surface area contributed by atoms with Crippen LogP contribution in [0.1, 0.15) is 52.0 Å². The maximum Gasteiger partial charge on any atom is 0.342 e. The van der Waals surface area contributed by atoms with E-state index in [2.05, 4.69) is 5.32 Å². The van der Waals surface area contributed by atoms with Crippen molar-refractivity contribution in [2.24, 2.45) is 0 Å². The first kappa shape index (κ1) is 22.2. The molecule has 0 unspecified atom stereocenters. The Morgan fingerprint density at radius 1 is 1.23 bits per heavy atom. The number of nitrogens with zero attached hydrogens (tertiary/aromatic N) is 1. The third-order valence-corrected chi connectivity index (χ3v) is 5.43. The first-order valence-electron chi connectivity index (χ1n) is 9.43. The first-order chi connectivity index (χ1) is 14.8. The van der Waals surface area contributed by atoms with Gasteiger partial charge in [0.1, 0.15) is 16.3 Å². The average molecular weight is 448 g/mol. The van der Waals surface area contributed by atoms with E-state index in [0.29, 0.717) is 10.6 Å². The number of methoxy groups -OCH3 is 1. The van der Waals surface area contributed by atoms with E-state index in [9.17, 15) is 24.5 Å². The highest BCUT2D eigenvalue weighted by Crippen LogP contribution is 2.46. The maximum atomic E-state index is 12.3. The number of amides is 1. The van der Waals surface area contributed by atoms with Crippen molar-refractivity contribution in [3.8, 4) is 5.75 Å². The molecule has 0 spiro atoms. The summed E-state index contributed by atoms with van der Waals surface area (Å²) < 4.78 is 15.1. The lowest BCUT2D eigenvalue weighted by molar-refractivity contribution is -0.384. The van der Waals surface area contributed by atoms with E-state index < -0.39 is 29.4 Å². The normalized spacial score (nSPS) is 12.7. The lowest BCUT2D eigenvalue weighted by atomic mass is 10.1. The monoisotopic (exact) mass is 448 g/mol. The van der Waals surface area contributed by atoms with Crippen molar-refractivity contribution in [3.63, 3.8) is 0 Å². The molecule has 0 atom stereocenters. The minimum absolute atomic E-state index is 0.0768. The predicted molar refractivity (Wildman–Crippen MR) is 111 cm³/mol. The number of carbonyl (C=O) groups is 3. The molecular formula is C20H20N2O8S. The highest BCUT2D eigenvalue weighted by molar-refractivity contribution is 7.15. The van der Waals surface area contributed by atoms with E-state index in [0.717, 1.165) is 24.5 Å². The molecule has 1 heterocycles. The van der Waals surface area contributed by atoms with E-state index in [1.807, 2.05) is 5.38 Å². The molecular weight excluding hydrogens is 428 g/mol. The summed E-state index contributed by atoms with van der Waals surface area (Å²) in [6.07, 6.45) is 1.94. The fourth-order valence-electron chi connectivity index (χ4n) is 2.91. The van der Waals surface area contributed by atoms with Gasteiger partial charge in [0.05, 0.1) is 24.2 Å². The second-order valence-electron chi connectivity index (χ2n) is 6.66. The summed E-state index contributed by atoms with van der Waals surface area (Å²) in [5.41, 5.74) is 0.679. The minimum Gasteiger partial charge on any atom is -0.496 e. The number of hydrogen-bond donors (Lipinski definition) is 1. The van der Waals surface area contributed by atoms with Crippen LogP contribution in [-0.2, 0) is 14.3 Å². The van der Waals surface area contributed by atoms with Crippen LogP contribution in [0.5, 0.6) is 5.75 Å². The number of nitro groups is 1. The van der Waals surface area contributed by atoms with Gasteiger partial charge in [-0.25, -0.2) is 9.59 Å². The number of carbonyl (C=O) groups excluding carboxylic acids is 3. The number of nitrogens with one attached hydrogen (secondary N) is 1. The van der Waals surface area contributed by atoms with Crippen molar-refractivity contribution >= 4 is 39.9 Å². The molecule has 0 aliphatic heterocycles. The van der Waals surface area contributed by atoms with Gasteiger partial charge in [-0.05, 0) is 42.7 Å². The van der Waals surface area contributed by atoms with Crippen LogP contribution in [0.4, 0.5) is 10.7 Å². The van der Waals surface area contributed by atoms with Crippen LogP contribution in [0, 0.1) is 10.1 Å². The number of benzene rings is 1. The van der Waals surface area contributed by atoms with Crippen molar-refractivity contribution in [2.45, 2.75) is 25.7 Å². The van der Waals surface area contributed by atoms with E-state index in [1.165, 1.54) is 30.6 Å². The zero-order valence-corrected chi connectivity index (χ0v) is 17.7. The lowest BCUT2D eigenvalue weighted by Gasteiger charge is -2.10. The predicted octanol–water partition coefficient (Wildman–Crippen LogP) is 3.51. The summed E-state index contributed by atoms with van der Waals surface area (Å²) in [4.78, 5) is 47.3. The molecule has 31 heavy (non-hydrogen) atoms. The van der Waals surface area contributed by atoms with Crippen LogP contribution in [0.15, 0.2) is 23.6 Å². The standard InChI is InChI=1S/C20H20N2O8S/c1-3-29-20(25)17-14(11-4-5-11)10-31-18(17)21-16(23)9-30-19(24)13-8-12(22(26)27)6-7-15(13)28-2/h6-8,10-11H,3-5,9H2,1-2H3,(H,21,23). The summed E-state index contributed by atoms with van der Waals surface area (Å²) in [5.74, 6) is -1.77. The molecule has 2 aromatic rings. The molecule has 0 radical (unpaired) electrons. The Kier molecular flexibility index (Phi) is 6.85. The van der Waals surface area contributed by atoms with Gasteiger partial charge in [0.2, 0.25) is 0 Å². The zero-order valence-electron chi connectivity index (χ0n) is 16.8. The summed E-state index contributed by atoms with van der Waals surface area (Å²) >= 11 is 1.20. The molecule has 3 rings (SSSR count). The lowest BCUT2D eigenvalue weighted by Crippen LogP contribution is -2.22. The van der Waals surface area contributed by atoms with Crippen LogP contribution in [0.25, 0.3) is 0 Å². The van der Waals surface area contributed by atoms with Gasteiger partial charge < -0.3 is 19.5 Å². The Morgan fingerprint density at radius 3 is 2.58 bits per heavy atom. The number of anilines is 1. The SMILES string of the molecule is CCOC(=O)c1c(C2CC2)csc1NC(=O)COC(=O)c1cc([N+](=O)[O-])ccc1OC. The van der Waals surface area contributed by atoms with Gasteiger partial charge in [-0.3, -0.25) is 14.9 Å². The Hall–Kier alpha value is -3.47. The Labute approximate surface area is 181 Å². The van der Waals surface area contributed by atoms with Crippen LogP contribution in [0.3, 0.4) is 0 Å². The maximum absolute atomic E-state index is 12.3. The Balaban J connectivity index is 1.68. The molecule has 1 fully saturated rings. The van der Waals surface area contributed by atoms with E-state index in [4.69, 9.17) is 14.2 Å². The third kappa shape index (κ3) is 5.18. The number of non-ortho nitro benzene ring substituents is 1. The highest BCUT2D eigenvalue weighted by atomic mass is 32.1. The van der Waals surface area contributed by atoms with Crippen LogP contribution in [-0.4, -0.2) is 43.1 Å². The highest BCUT2D eigenvalue weighted by Gasteiger charge is 2.32. The molecule has 0 bridgehead atoms. The van der Waals surface area contributed by atoms with Gasteiger partial charge >= 0.3 is 11.9 Å². The van der Waals surface area contributed by atoms with E-state index in [-0.39, 0.29) is 29.5 Å². The molecule has 1 saturated carbocycles. The van der Waals surface area contributed by atoms with Crippen LogP contribution >= 0.6 is 11.3 Å². The molecule has 1 aliphatic rings. The number of hydrogen-bond acceptors (Lipinski definition) is 9. The molecule has 1 N–H and O–H groups in total. The molecule has 1 amide bonds. The average Bonchev–Trinajstić information content (AvgIpc) is 3.51. The quantitative estimate of drug-likeness (QED) is 0.350. The number of nitro benzene ring substituents is 1. The van der Waals surface area contributed by atoms with Gasteiger partial charge in [0.15, 0.2) is 6.61 Å². The number of esters is 2. The fourth-order valence-corrected chi connectivity index (χ4v) is 3.96. The Bertz CT molecular complexity index is 1030. The van der Waals surface area contributed by atoms with Crippen LogP contribution in [0.2, 0.25) is 0 Å². The van der Waals surface area contributed by atoms with E-state index >= 15 is 0 Å². The number of ether oxygens (including phenoxy) is 3. The van der Waals surface area contributed by atoms with Gasteiger partial charge in [0, 0.05) is 12.1 Å². The smallest absolute Gasteiger partial charge is 0.342 e. The molecule has 164 valence electrons. The topological polar surface area (TPSA) is 134 Å². The molecule has 10 nitrogen and oxygen atoms in total. The summed E-state index contributed by atoms with van der Waals surface area (Å²) in [6.45, 7) is 1.25. The molecule has 0 saturated heterocycles. The zero-order chi connectivity index (χ0) is 22.5. The largest absolute Gasteiger partial charge is 0.496 e. The van der Waals surface area contributed by atoms with Crippen molar-refractivity contribution in [1.82, 2.24) is 0 Å². The second kappa shape index (κ2) is 9.56. The second-order valence-corrected chi connectivity index (χ2v) is 7.54. The summed E-state index contributed by atoms with van der Waals surface area (Å²) in [5, 5.41) is 15.7. The molecule has 11 heteroatoms. The summed E-state index contributed by atoms with van der Waals surface area (Å²) in [7, 11) is 1.30. The Morgan fingerprint density at radius 2 is 1.97 bits per heavy atom. The van der Waals surface area contributed by atoms with Gasteiger partial charge in [-0.1, -0.05) is 0 Å². The third-order valence-electron chi connectivity index (χ3n) is 4.52.